The summed E-state index contributed by atoms with van der Waals surface area (Å²) in [6.45, 7) is 2.76. The fourth-order valence-electron chi connectivity index (χ4n) is 2.61. The van der Waals surface area contributed by atoms with Crippen molar-refractivity contribution in [2.45, 2.75) is 13.0 Å². The molecule has 0 fully saturated rings. The van der Waals surface area contributed by atoms with E-state index in [2.05, 4.69) is 10.6 Å². The van der Waals surface area contributed by atoms with Crippen LogP contribution < -0.4 is 20.1 Å². The largest absolute Gasteiger partial charge is 0.486 e. The van der Waals surface area contributed by atoms with Crippen LogP contribution in [0.1, 0.15) is 28.9 Å². The van der Waals surface area contributed by atoms with Crippen molar-refractivity contribution in [3.63, 3.8) is 0 Å². The van der Waals surface area contributed by atoms with Gasteiger partial charge < -0.3 is 20.1 Å². The molecule has 7 heteroatoms. The van der Waals surface area contributed by atoms with Gasteiger partial charge >= 0.3 is 0 Å². The van der Waals surface area contributed by atoms with Gasteiger partial charge in [-0.15, -0.1) is 0 Å². The number of carbonyl (C=O) groups is 2. The number of nitrogens with one attached hydrogen (secondary N) is 2. The summed E-state index contributed by atoms with van der Waals surface area (Å²) in [6.07, 6.45) is 0. The molecule has 2 N–H and O–H groups in total. The summed E-state index contributed by atoms with van der Waals surface area (Å²) in [7, 11) is 0. The Balaban J connectivity index is 1.54. The Morgan fingerprint density at radius 2 is 1.85 bits per heavy atom. The highest BCUT2D eigenvalue weighted by Crippen LogP contribution is 2.32. The van der Waals surface area contributed by atoms with E-state index < -0.39 is 5.91 Å². The number of hydrogen-bond donors (Lipinski definition) is 2. The van der Waals surface area contributed by atoms with Crippen LogP contribution in [0.4, 0.5) is 0 Å². The molecule has 1 aliphatic heterocycles. The molecule has 26 heavy (non-hydrogen) atoms. The quantitative estimate of drug-likeness (QED) is 0.843. The Morgan fingerprint density at radius 3 is 2.62 bits per heavy atom. The van der Waals surface area contributed by atoms with Gasteiger partial charge in [-0.25, -0.2) is 0 Å². The molecule has 0 spiro atoms. The van der Waals surface area contributed by atoms with Crippen molar-refractivity contribution in [1.29, 1.82) is 0 Å². The second-order valence-electron chi connectivity index (χ2n) is 5.85. The van der Waals surface area contributed by atoms with Crippen LogP contribution in [0.25, 0.3) is 0 Å². The highest BCUT2D eigenvalue weighted by Gasteiger charge is 2.16. The molecule has 2 amide bonds. The second kappa shape index (κ2) is 8.10. The minimum atomic E-state index is -0.391. The Bertz CT molecular complexity index is 825. The van der Waals surface area contributed by atoms with Crippen molar-refractivity contribution in [1.82, 2.24) is 10.6 Å². The van der Waals surface area contributed by atoms with Crippen molar-refractivity contribution in [2.75, 3.05) is 19.8 Å². The summed E-state index contributed by atoms with van der Waals surface area (Å²) in [6, 6.07) is 12.0. The van der Waals surface area contributed by atoms with Gasteiger partial charge in [0.25, 0.3) is 5.91 Å². The lowest BCUT2D eigenvalue weighted by atomic mass is 10.1. The number of halogens is 1. The van der Waals surface area contributed by atoms with E-state index in [1.807, 2.05) is 25.1 Å². The third-order valence-corrected chi connectivity index (χ3v) is 4.30. The van der Waals surface area contributed by atoms with E-state index in [0.29, 0.717) is 35.3 Å². The monoisotopic (exact) mass is 374 g/mol. The first-order valence-electron chi connectivity index (χ1n) is 8.26. The molecular weight excluding hydrogens is 356 g/mol. The molecule has 6 nitrogen and oxygen atoms in total. The Hall–Kier alpha value is -2.73. The Kier molecular flexibility index (Phi) is 5.63. The van der Waals surface area contributed by atoms with Gasteiger partial charge in [-0.3, -0.25) is 9.59 Å². The molecule has 0 radical (unpaired) electrons. The van der Waals surface area contributed by atoms with E-state index in [4.69, 9.17) is 21.1 Å². The molecule has 3 rings (SSSR count). The predicted octanol–water partition coefficient (Wildman–Crippen LogP) is 2.72. The van der Waals surface area contributed by atoms with E-state index in [0.717, 1.165) is 5.56 Å². The van der Waals surface area contributed by atoms with Gasteiger partial charge in [0.05, 0.1) is 23.2 Å². The van der Waals surface area contributed by atoms with Crippen molar-refractivity contribution in [3.8, 4) is 11.5 Å². The zero-order valence-corrected chi connectivity index (χ0v) is 15.0. The van der Waals surface area contributed by atoms with Gasteiger partial charge in [-0.05, 0) is 36.8 Å². The number of carbonyl (C=O) groups excluding carboxylic acids is 2. The highest BCUT2D eigenvalue weighted by molar-refractivity contribution is 6.33. The minimum Gasteiger partial charge on any atom is -0.486 e. The van der Waals surface area contributed by atoms with Gasteiger partial charge in [-0.1, -0.05) is 29.8 Å². The SMILES string of the molecule is C[C@H](NC(=O)CNC(=O)c1ccccc1Cl)c1ccc2c(c1)OCCO2. The standard InChI is InChI=1S/C19H19ClN2O4/c1-12(13-6-7-16-17(10-13)26-9-8-25-16)22-18(23)11-21-19(24)14-4-2-3-5-15(14)20/h2-7,10,12H,8-9,11H2,1H3,(H,21,24)(H,22,23)/t12-/m0/s1. The number of hydrogen-bond acceptors (Lipinski definition) is 4. The lowest BCUT2D eigenvalue weighted by molar-refractivity contribution is -0.120. The van der Waals surface area contributed by atoms with Crippen LogP contribution in [0.5, 0.6) is 11.5 Å². The molecule has 0 saturated heterocycles. The first kappa shape index (κ1) is 18.1. The first-order chi connectivity index (χ1) is 12.5. The number of fused-ring (bicyclic) bond motifs is 1. The summed E-state index contributed by atoms with van der Waals surface area (Å²) >= 11 is 5.97. The summed E-state index contributed by atoms with van der Waals surface area (Å²) in [5.74, 6) is 0.679. The van der Waals surface area contributed by atoms with Crippen molar-refractivity contribution in [3.05, 3.63) is 58.6 Å². The van der Waals surface area contributed by atoms with E-state index in [9.17, 15) is 9.59 Å². The van der Waals surface area contributed by atoms with E-state index in [1.54, 1.807) is 24.3 Å². The van der Waals surface area contributed by atoms with Crippen LogP contribution >= 0.6 is 11.6 Å². The normalized spacial score (nSPS) is 13.6. The summed E-state index contributed by atoms with van der Waals surface area (Å²) in [5.41, 5.74) is 1.22. The Labute approximate surface area is 156 Å². The molecule has 1 atom stereocenters. The number of ether oxygens (including phenoxy) is 2. The van der Waals surface area contributed by atoms with Crippen LogP contribution in [0.15, 0.2) is 42.5 Å². The lowest BCUT2D eigenvalue weighted by Gasteiger charge is -2.21. The highest BCUT2D eigenvalue weighted by atomic mass is 35.5. The fourth-order valence-corrected chi connectivity index (χ4v) is 2.83. The fraction of sp³-hybridized carbons (Fsp3) is 0.263. The zero-order chi connectivity index (χ0) is 18.5. The van der Waals surface area contributed by atoms with E-state index in [-0.39, 0.29) is 18.5 Å². The molecular formula is C19H19ClN2O4. The average Bonchev–Trinajstić information content (AvgIpc) is 2.66. The van der Waals surface area contributed by atoms with Gasteiger partial charge in [0.15, 0.2) is 11.5 Å². The molecule has 1 heterocycles. The molecule has 136 valence electrons. The van der Waals surface area contributed by atoms with Crippen LogP contribution in [0, 0.1) is 0 Å². The summed E-state index contributed by atoms with van der Waals surface area (Å²) < 4.78 is 11.0. The van der Waals surface area contributed by atoms with Crippen LogP contribution in [-0.4, -0.2) is 31.6 Å². The number of amides is 2. The zero-order valence-electron chi connectivity index (χ0n) is 14.3. The molecule has 0 aliphatic carbocycles. The predicted molar refractivity (Wildman–Crippen MR) is 97.8 cm³/mol. The minimum absolute atomic E-state index is 0.140. The topological polar surface area (TPSA) is 76.7 Å². The van der Waals surface area contributed by atoms with Crippen LogP contribution in [0.2, 0.25) is 5.02 Å². The van der Waals surface area contributed by atoms with Crippen molar-refractivity contribution >= 4 is 23.4 Å². The van der Waals surface area contributed by atoms with Crippen LogP contribution in [-0.2, 0) is 4.79 Å². The van der Waals surface area contributed by atoms with Crippen molar-refractivity contribution < 1.29 is 19.1 Å². The molecule has 0 saturated carbocycles. The van der Waals surface area contributed by atoms with Gasteiger partial charge in [0.1, 0.15) is 13.2 Å². The second-order valence-corrected chi connectivity index (χ2v) is 6.26. The molecule has 0 unspecified atom stereocenters. The molecule has 2 aromatic carbocycles. The maximum Gasteiger partial charge on any atom is 0.253 e. The smallest absolute Gasteiger partial charge is 0.253 e. The summed E-state index contributed by atoms with van der Waals surface area (Å²) in [4.78, 5) is 24.2. The molecule has 1 aliphatic rings. The Morgan fingerprint density at radius 1 is 1.12 bits per heavy atom. The van der Waals surface area contributed by atoms with Gasteiger partial charge in [0, 0.05) is 0 Å². The number of rotatable bonds is 5. The summed E-state index contributed by atoms with van der Waals surface area (Å²) in [5, 5.41) is 5.75. The van der Waals surface area contributed by atoms with Crippen LogP contribution in [0.3, 0.4) is 0 Å². The third kappa shape index (κ3) is 4.26. The number of benzene rings is 2. The maximum absolute atomic E-state index is 12.1. The maximum atomic E-state index is 12.1. The van der Waals surface area contributed by atoms with E-state index >= 15 is 0 Å². The lowest BCUT2D eigenvalue weighted by Crippen LogP contribution is -2.38. The van der Waals surface area contributed by atoms with Gasteiger partial charge in [0.2, 0.25) is 5.91 Å². The van der Waals surface area contributed by atoms with Crippen molar-refractivity contribution in [2.24, 2.45) is 0 Å². The van der Waals surface area contributed by atoms with Gasteiger partial charge in [-0.2, -0.15) is 0 Å². The molecule has 0 aromatic heterocycles. The van der Waals surface area contributed by atoms with E-state index in [1.165, 1.54) is 0 Å². The average molecular weight is 375 g/mol. The molecule has 2 aromatic rings. The molecule has 0 bridgehead atoms. The third-order valence-electron chi connectivity index (χ3n) is 3.97. The first-order valence-corrected chi connectivity index (χ1v) is 8.64.